The van der Waals surface area contributed by atoms with E-state index in [0.29, 0.717) is 41.8 Å². The van der Waals surface area contributed by atoms with Crippen molar-refractivity contribution in [3.63, 3.8) is 0 Å². The van der Waals surface area contributed by atoms with E-state index in [-0.39, 0.29) is 0 Å². The van der Waals surface area contributed by atoms with Gasteiger partial charge < -0.3 is 18.9 Å². The van der Waals surface area contributed by atoms with Crippen LogP contribution in [0.2, 0.25) is 0 Å². The number of hydrogen-bond donors (Lipinski definition) is 0. The van der Waals surface area contributed by atoms with Crippen LogP contribution in [0.5, 0.6) is 23.0 Å². The molecule has 1 atom stereocenters. The molecule has 8 rings (SSSR count). The molecular weight excluding hydrogens is 646 g/mol. The number of carbonyl (C=O) groups is 1. The zero-order chi connectivity index (χ0) is 34.9. The monoisotopic (exact) mass is 679 g/mol. The zero-order valence-electron chi connectivity index (χ0n) is 28.1. The zero-order valence-corrected chi connectivity index (χ0v) is 28.1. The SMILES string of the molecule is COc1ccc2c(c1)ncn2-c1ccc2cccc(OCCN(C)C(C=O)Oc3cccc4ccc(-n5cnc6cc(OC)ccc65)nc34)c2n1. The summed E-state index contributed by atoms with van der Waals surface area (Å²) in [4.78, 5) is 33.1. The molecule has 0 bridgehead atoms. The summed E-state index contributed by atoms with van der Waals surface area (Å²) < 4.78 is 27.1. The van der Waals surface area contributed by atoms with Gasteiger partial charge in [-0.05, 0) is 67.7 Å². The largest absolute Gasteiger partial charge is 0.497 e. The summed E-state index contributed by atoms with van der Waals surface area (Å²) in [5.74, 6) is 3.98. The molecule has 12 nitrogen and oxygen atoms in total. The van der Waals surface area contributed by atoms with Gasteiger partial charge in [-0.25, -0.2) is 19.9 Å². The highest BCUT2D eigenvalue weighted by Gasteiger charge is 2.19. The van der Waals surface area contributed by atoms with E-state index in [2.05, 4.69) is 9.97 Å². The van der Waals surface area contributed by atoms with Gasteiger partial charge in [-0.1, -0.05) is 24.3 Å². The molecule has 4 aromatic carbocycles. The Balaban J connectivity index is 0.989. The molecule has 0 aliphatic carbocycles. The molecule has 0 fully saturated rings. The van der Waals surface area contributed by atoms with Gasteiger partial charge in [-0.15, -0.1) is 0 Å². The number of methoxy groups -OCH3 is 2. The molecule has 4 heterocycles. The molecule has 0 spiro atoms. The first-order valence-electron chi connectivity index (χ1n) is 16.3. The summed E-state index contributed by atoms with van der Waals surface area (Å²) in [5.41, 5.74) is 4.75. The van der Waals surface area contributed by atoms with E-state index in [1.54, 1.807) is 31.8 Å². The van der Waals surface area contributed by atoms with Crippen molar-refractivity contribution in [2.24, 2.45) is 0 Å². The maximum atomic E-state index is 12.4. The molecule has 0 saturated carbocycles. The minimum Gasteiger partial charge on any atom is -0.497 e. The highest BCUT2D eigenvalue weighted by atomic mass is 16.5. The van der Waals surface area contributed by atoms with Gasteiger partial charge in [-0.3, -0.25) is 18.8 Å². The maximum absolute atomic E-state index is 12.4. The second kappa shape index (κ2) is 13.4. The van der Waals surface area contributed by atoms with Crippen LogP contribution < -0.4 is 18.9 Å². The number of fused-ring (bicyclic) bond motifs is 4. The average Bonchev–Trinajstić information content (AvgIpc) is 3.80. The number of ether oxygens (including phenoxy) is 4. The third-order valence-corrected chi connectivity index (χ3v) is 8.84. The van der Waals surface area contributed by atoms with Crippen LogP contribution in [0, 0.1) is 0 Å². The first-order valence-corrected chi connectivity index (χ1v) is 16.3. The quantitative estimate of drug-likeness (QED) is 0.106. The highest BCUT2D eigenvalue weighted by Crippen LogP contribution is 2.30. The predicted octanol–water partition coefficient (Wildman–Crippen LogP) is 6.39. The van der Waals surface area contributed by atoms with Gasteiger partial charge >= 0.3 is 0 Å². The van der Waals surface area contributed by atoms with Crippen LogP contribution in [0.1, 0.15) is 0 Å². The van der Waals surface area contributed by atoms with Gasteiger partial charge in [-0.2, -0.15) is 0 Å². The number of imidazole rings is 2. The third kappa shape index (κ3) is 6.02. The Hall–Kier alpha value is -6.53. The maximum Gasteiger partial charge on any atom is 0.209 e. The number of pyridine rings is 2. The fourth-order valence-electron chi connectivity index (χ4n) is 6.08. The molecule has 0 saturated heterocycles. The molecule has 0 radical (unpaired) electrons. The summed E-state index contributed by atoms with van der Waals surface area (Å²) in [5, 5.41) is 1.82. The normalized spacial score (nSPS) is 12.2. The predicted molar refractivity (Wildman–Crippen MR) is 194 cm³/mol. The van der Waals surface area contributed by atoms with E-state index in [1.165, 1.54) is 0 Å². The molecule has 51 heavy (non-hydrogen) atoms. The van der Waals surface area contributed by atoms with Gasteiger partial charge in [0.1, 0.15) is 64.9 Å². The van der Waals surface area contributed by atoms with Crippen molar-refractivity contribution in [2.75, 3.05) is 34.4 Å². The summed E-state index contributed by atoms with van der Waals surface area (Å²) in [6.45, 7) is 0.695. The minimum absolute atomic E-state index is 0.291. The highest BCUT2D eigenvalue weighted by molar-refractivity contribution is 5.87. The van der Waals surface area contributed by atoms with E-state index in [1.807, 2.05) is 113 Å². The third-order valence-electron chi connectivity index (χ3n) is 8.84. The lowest BCUT2D eigenvalue weighted by molar-refractivity contribution is -0.120. The number of aldehydes is 1. The summed E-state index contributed by atoms with van der Waals surface area (Å²) >= 11 is 0. The fourth-order valence-corrected chi connectivity index (χ4v) is 6.08. The van der Waals surface area contributed by atoms with E-state index in [9.17, 15) is 4.79 Å². The first-order chi connectivity index (χ1) is 25.0. The van der Waals surface area contributed by atoms with E-state index < -0.39 is 6.23 Å². The lowest BCUT2D eigenvalue weighted by Gasteiger charge is -2.24. The van der Waals surface area contributed by atoms with Gasteiger partial charge in [0.2, 0.25) is 6.23 Å². The van der Waals surface area contributed by atoms with Gasteiger partial charge in [0.25, 0.3) is 0 Å². The van der Waals surface area contributed by atoms with Crippen molar-refractivity contribution in [2.45, 2.75) is 6.23 Å². The van der Waals surface area contributed by atoms with Crippen LogP contribution in [0.15, 0.2) is 110 Å². The number of hydrogen-bond acceptors (Lipinski definition) is 10. The fraction of sp³-hybridized carbons (Fsp3) is 0.154. The van der Waals surface area contributed by atoms with E-state index >= 15 is 0 Å². The van der Waals surface area contributed by atoms with Crippen LogP contribution in [-0.2, 0) is 4.79 Å². The Kier molecular flexibility index (Phi) is 8.34. The molecule has 0 aliphatic rings. The molecule has 4 aromatic heterocycles. The lowest BCUT2D eigenvalue weighted by atomic mass is 10.2. The van der Waals surface area contributed by atoms with E-state index in [4.69, 9.17) is 28.9 Å². The number of carbonyl (C=O) groups excluding carboxylic acids is 1. The number of rotatable bonds is 12. The Morgan fingerprint density at radius 1 is 0.706 bits per heavy atom. The summed E-state index contributed by atoms with van der Waals surface area (Å²) in [6, 6.07) is 30.8. The molecule has 12 heteroatoms. The van der Waals surface area contributed by atoms with Crippen LogP contribution in [-0.4, -0.2) is 80.9 Å². The number of benzene rings is 4. The molecule has 1 unspecified atom stereocenters. The number of likely N-dealkylation sites (N-methyl/N-ethyl adjacent to an activating group) is 1. The van der Waals surface area contributed by atoms with Crippen molar-refractivity contribution >= 4 is 50.2 Å². The molecule has 0 amide bonds. The van der Waals surface area contributed by atoms with Crippen molar-refractivity contribution in [3.05, 3.63) is 110 Å². The Bertz CT molecular complexity index is 2550. The first kappa shape index (κ1) is 31.7. The molecule has 8 aromatic rings. The second-order valence-electron chi connectivity index (χ2n) is 11.9. The summed E-state index contributed by atoms with van der Waals surface area (Å²) in [7, 11) is 5.08. The standard InChI is InChI=1S/C39H33N7O5/c1-44(18-19-50-33-8-4-6-25-10-16-35(42-38(25)33)45-23-40-29-20-27(48-2)12-14-31(29)45)37(22-47)51-34-9-5-7-26-11-17-36(43-39(26)34)46-24-41-30-21-28(49-3)13-15-32(30)46/h4-17,20-24,37H,18-19H2,1-3H3. The van der Waals surface area contributed by atoms with Gasteiger partial charge in [0.15, 0.2) is 6.29 Å². The molecule has 0 N–H and O–H groups in total. The topological polar surface area (TPSA) is 119 Å². The number of para-hydroxylation sites is 2. The average molecular weight is 680 g/mol. The van der Waals surface area contributed by atoms with Crippen molar-refractivity contribution in [1.29, 1.82) is 0 Å². The summed E-state index contributed by atoms with van der Waals surface area (Å²) in [6.07, 6.45) is 3.38. The smallest absolute Gasteiger partial charge is 0.209 e. The van der Waals surface area contributed by atoms with Crippen molar-refractivity contribution < 1.29 is 23.7 Å². The van der Waals surface area contributed by atoms with Crippen LogP contribution in [0.3, 0.4) is 0 Å². The second-order valence-corrected chi connectivity index (χ2v) is 11.9. The van der Waals surface area contributed by atoms with E-state index in [0.717, 1.165) is 56.1 Å². The molecule has 0 aliphatic heterocycles. The Morgan fingerprint density at radius 3 is 1.80 bits per heavy atom. The van der Waals surface area contributed by atoms with Crippen LogP contribution >= 0.6 is 0 Å². The van der Waals surface area contributed by atoms with Crippen molar-refractivity contribution in [3.8, 4) is 34.6 Å². The number of nitrogens with zero attached hydrogens (tertiary/aromatic N) is 7. The molecule has 254 valence electrons. The lowest BCUT2D eigenvalue weighted by Crippen LogP contribution is -2.40. The number of aromatic nitrogens is 6. The Morgan fingerprint density at radius 2 is 1.25 bits per heavy atom. The minimum atomic E-state index is -0.878. The van der Waals surface area contributed by atoms with Crippen LogP contribution in [0.4, 0.5) is 0 Å². The van der Waals surface area contributed by atoms with Crippen molar-refractivity contribution in [1.82, 2.24) is 34.0 Å². The van der Waals surface area contributed by atoms with Gasteiger partial charge in [0.05, 0.1) is 36.3 Å². The molecular formula is C39H33N7O5. The Labute approximate surface area is 292 Å². The van der Waals surface area contributed by atoms with Gasteiger partial charge in [0, 0.05) is 29.4 Å². The van der Waals surface area contributed by atoms with Crippen LogP contribution in [0.25, 0.3) is 55.5 Å².